The van der Waals surface area contributed by atoms with Crippen molar-refractivity contribution < 1.29 is 4.79 Å². The molecular weight excluding hydrogens is 188 g/mol. The van der Waals surface area contributed by atoms with E-state index in [1.54, 1.807) is 0 Å². The van der Waals surface area contributed by atoms with Gasteiger partial charge in [-0.2, -0.15) is 0 Å². The van der Waals surface area contributed by atoms with Crippen LogP contribution in [-0.2, 0) is 0 Å². The van der Waals surface area contributed by atoms with E-state index in [0.29, 0.717) is 11.5 Å². The Balaban J connectivity index is 2.45. The normalized spacial score (nSPS) is 9.92. The molecule has 0 aliphatic carbocycles. The molecule has 0 aliphatic heterocycles. The second-order valence-corrected chi connectivity index (χ2v) is 3.38. The largest absolute Gasteiger partial charge is 0.387 e. The minimum absolute atomic E-state index is 0.236. The fourth-order valence-electron chi connectivity index (χ4n) is 0.817. The number of nitrogens with one attached hydrogen (secondary N) is 1. The van der Waals surface area contributed by atoms with Crippen molar-refractivity contribution in [2.45, 2.75) is 19.8 Å². The van der Waals surface area contributed by atoms with Crippen molar-refractivity contribution in [1.29, 1.82) is 0 Å². The van der Waals surface area contributed by atoms with Crippen LogP contribution in [0.3, 0.4) is 0 Å². The molecule has 0 spiro atoms. The number of unbranched alkanes of at least 4 members (excludes halogenated alkanes) is 1. The van der Waals surface area contributed by atoms with Crippen molar-refractivity contribution in [2.75, 3.05) is 12.3 Å². The maximum atomic E-state index is 11.3. The third-order valence-electron chi connectivity index (χ3n) is 1.54. The van der Waals surface area contributed by atoms with E-state index in [1.807, 2.05) is 0 Å². The second kappa shape index (κ2) is 4.76. The van der Waals surface area contributed by atoms with Crippen LogP contribution in [0.2, 0.25) is 0 Å². The summed E-state index contributed by atoms with van der Waals surface area (Å²) >= 11 is 1.03. The van der Waals surface area contributed by atoms with E-state index in [-0.39, 0.29) is 11.6 Å². The molecule has 72 valence electrons. The first-order valence-corrected chi connectivity index (χ1v) is 4.89. The fourth-order valence-corrected chi connectivity index (χ4v) is 1.25. The van der Waals surface area contributed by atoms with E-state index in [1.165, 1.54) is 0 Å². The summed E-state index contributed by atoms with van der Waals surface area (Å²) in [5.74, 6) is -0.236. The number of carbonyl (C=O) groups is 1. The number of nitrogens with two attached hydrogens (primary N) is 1. The lowest BCUT2D eigenvalue weighted by molar-refractivity contribution is 0.0949. The second-order valence-electron chi connectivity index (χ2n) is 2.60. The van der Waals surface area contributed by atoms with Crippen molar-refractivity contribution in [1.82, 2.24) is 14.9 Å². The molecule has 0 saturated heterocycles. The van der Waals surface area contributed by atoms with Gasteiger partial charge in [-0.25, -0.2) is 0 Å². The van der Waals surface area contributed by atoms with Crippen molar-refractivity contribution in [3.05, 3.63) is 5.69 Å². The average Bonchev–Trinajstić information content (AvgIpc) is 2.52. The molecule has 13 heavy (non-hydrogen) atoms. The topological polar surface area (TPSA) is 80.9 Å². The van der Waals surface area contributed by atoms with Crippen LogP contribution in [0.5, 0.6) is 0 Å². The van der Waals surface area contributed by atoms with Gasteiger partial charge in [-0.1, -0.05) is 17.8 Å². The Morgan fingerprint density at radius 3 is 3.00 bits per heavy atom. The molecular formula is C7H12N4OS. The van der Waals surface area contributed by atoms with Crippen molar-refractivity contribution in [3.8, 4) is 0 Å². The highest BCUT2D eigenvalue weighted by molar-refractivity contribution is 7.10. The Hall–Kier alpha value is -1.17. The molecule has 1 rings (SSSR count). The zero-order chi connectivity index (χ0) is 9.68. The Morgan fingerprint density at radius 2 is 2.46 bits per heavy atom. The molecule has 5 nitrogen and oxygen atoms in total. The van der Waals surface area contributed by atoms with E-state index >= 15 is 0 Å². The molecule has 3 N–H and O–H groups in total. The van der Waals surface area contributed by atoms with Crippen LogP contribution in [0.4, 0.5) is 5.00 Å². The molecule has 1 aromatic heterocycles. The summed E-state index contributed by atoms with van der Waals surface area (Å²) in [5.41, 5.74) is 5.72. The molecule has 0 bridgehead atoms. The number of hydrogen-bond acceptors (Lipinski definition) is 5. The summed E-state index contributed by atoms with van der Waals surface area (Å²) in [4.78, 5) is 11.3. The first kappa shape index (κ1) is 9.91. The first-order valence-electron chi connectivity index (χ1n) is 4.11. The Bertz CT molecular complexity index is 286. The molecule has 1 amide bonds. The lowest BCUT2D eigenvalue weighted by atomic mass is 10.3. The highest BCUT2D eigenvalue weighted by Crippen LogP contribution is 2.11. The summed E-state index contributed by atoms with van der Waals surface area (Å²) in [7, 11) is 0. The standard InChI is InChI=1S/C7H12N4OS/c1-2-3-4-9-7(12)5-6(8)13-11-10-5/h2-4,8H2,1H3,(H,9,12). The van der Waals surface area contributed by atoms with Crippen LogP contribution in [0.25, 0.3) is 0 Å². The van der Waals surface area contributed by atoms with Gasteiger partial charge in [-0.3, -0.25) is 4.79 Å². The molecule has 0 atom stereocenters. The van der Waals surface area contributed by atoms with Gasteiger partial charge < -0.3 is 11.1 Å². The van der Waals surface area contributed by atoms with Crippen molar-refractivity contribution >= 4 is 22.4 Å². The number of hydrogen-bond donors (Lipinski definition) is 2. The van der Waals surface area contributed by atoms with E-state index in [4.69, 9.17) is 5.73 Å². The predicted molar refractivity (Wildman–Crippen MR) is 51.6 cm³/mol. The third-order valence-corrected chi connectivity index (χ3v) is 2.10. The predicted octanol–water partition coefficient (Wildman–Crippen LogP) is 0.650. The van der Waals surface area contributed by atoms with E-state index in [9.17, 15) is 4.79 Å². The van der Waals surface area contributed by atoms with Gasteiger partial charge in [0.25, 0.3) is 5.91 Å². The quantitative estimate of drug-likeness (QED) is 0.699. The van der Waals surface area contributed by atoms with Crippen LogP contribution in [0.1, 0.15) is 30.3 Å². The molecule has 0 saturated carbocycles. The number of anilines is 1. The number of nitrogen functional groups attached to an aromatic ring is 1. The van der Waals surface area contributed by atoms with Crippen molar-refractivity contribution in [3.63, 3.8) is 0 Å². The summed E-state index contributed by atoms with van der Waals surface area (Å²) in [6.45, 7) is 2.72. The maximum absolute atomic E-state index is 11.3. The van der Waals surface area contributed by atoms with Crippen LogP contribution in [0.15, 0.2) is 0 Å². The maximum Gasteiger partial charge on any atom is 0.274 e. The third kappa shape index (κ3) is 2.66. The smallest absolute Gasteiger partial charge is 0.274 e. The van der Waals surface area contributed by atoms with Crippen LogP contribution >= 0.6 is 11.5 Å². The molecule has 0 aliphatic rings. The van der Waals surface area contributed by atoms with Gasteiger partial charge in [0.1, 0.15) is 5.00 Å². The number of carbonyl (C=O) groups excluding carboxylic acids is 1. The highest BCUT2D eigenvalue weighted by Gasteiger charge is 2.12. The Labute approximate surface area is 80.5 Å². The van der Waals surface area contributed by atoms with E-state index in [2.05, 4.69) is 21.8 Å². The van der Waals surface area contributed by atoms with Gasteiger partial charge in [0.05, 0.1) is 0 Å². The minimum Gasteiger partial charge on any atom is -0.387 e. The van der Waals surface area contributed by atoms with Crippen LogP contribution in [0, 0.1) is 0 Å². The van der Waals surface area contributed by atoms with Gasteiger partial charge in [0.15, 0.2) is 5.69 Å². The summed E-state index contributed by atoms with van der Waals surface area (Å²) in [6.07, 6.45) is 2.01. The molecule has 0 fully saturated rings. The number of amides is 1. The first-order chi connectivity index (χ1) is 6.25. The molecule has 0 aromatic carbocycles. The molecule has 6 heteroatoms. The van der Waals surface area contributed by atoms with Crippen LogP contribution < -0.4 is 11.1 Å². The number of nitrogens with zero attached hydrogens (tertiary/aromatic N) is 2. The monoisotopic (exact) mass is 200 g/mol. The van der Waals surface area contributed by atoms with Gasteiger partial charge in [0.2, 0.25) is 0 Å². The van der Waals surface area contributed by atoms with E-state index in [0.717, 1.165) is 24.4 Å². The highest BCUT2D eigenvalue weighted by atomic mass is 32.1. The van der Waals surface area contributed by atoms with Gasteiger partial charge in [-0.05, 0) is 6.42 Å². The lowest BCUT2D eigenvalue weighted by Crippen LogP contribution is -2.25. The minimum atomic E-state index is -0.236. The van der Waals surface area contributed by atoms with Gasteiger partial charge >= 0.3 is 0 Å². The Kier molecular flexibility index (Phi) is 3.63. The molecule has 1 aromatic rings. The molecule has 0 radical (unpaired) electrons. The van der Waals surface area contributed by atoms with Crippen LogP contribution in [-0.4, -0.2) is 22.0 Å². The zero-order valence-corrected chi connectivity index (χ0v) is 8.23. The molecule has 1 heterocycles. The number of rotatable bonds is 4. The Morgan fingerprint density at radius 1 is 1.69 bits per heavy atom. The van der Waals surface area contributed by atoms with E-state index < -0.39 is 0 Å². The summed E-state index contributed by atoms with van der Waals surface area (Å²) in [5, 5.41) is 6.71. The SMILES string of the molecule is CCCCNC(=O)c1nnsc1N. The average molecular weight is 200 g/mol. The fraction of sp³-hybridized carbons (Fsp3) is 0.571. The van der Waals surface area contributed by atoms with Gasteiger partial charge in [-0.15, -0.1) is 5.10 Å². The lowest BCUT2D eigenvalue weighted by Gasteiger charge is -2.00. The molecule has 0 unspecified atom stereocenters. The summed E-state index contributed by atoms with van der Waals surface area (Å²) in [6, 6.07) is 0. The van der Waals surface area contributed by atoms with Gasteiger partial charge in [0, 0.05) is 18.1 Å². The summed E-state index contributed by atoms with van der Waals surface area (Å²) < 4.78 is 3.58. The van der Waals surface area contributed by atoms with Crippen molar-refractivity contribution in [2.24, 2.45) is 0 Å². The number of aromatic nitrogens is 2. The zero-order valence-electron chi connectivity index (χ0n) is 7.41.